The summed E-state index contributed by atoms with van der Waals surface area (Å²) in [6.45, 7) is 1.56. The van der Waals surface area contributed by atoms with Crippen molar-refractivity contribution in [2.24, 2.45) is 11.3 Å². The molecule has 6 unspecified atom stereocenters. The monoisotopic (exact) mass is 458 g/mol. The summed E-state index contributed by atoms with van der Waals surface area (Å²) in [5.74, 6) is -2.54. The summed E-state index contributed by atoms with van der Waals surface area (Å²) in [5, 5.41) is 11.6. The number of ether oxygens (including phenoxy) is 3. The van der Waals surface area contributed by atoms with Crippen molar-refractivity contribution in [3.05, 3.63) is 66.2 Å². The van der Waals surface area contributed by atoms with E-state index in [0.717, 1.165) is 0 Å². The van der Waals surface area contributed by atoms with E-state index in [1.165, 1.54) is 12.1 Å². The van der Waals surface area contributed by atoms with Crippen LogP contribution in [-0.4, -0.2) is 49.4 Å². The quantitative estimate of drug-likeness (QED) is 0.519. The molecule has 6 bridgehead atoms. The van der Waals surface area contributed by atoms with Crippen LogP contribution in [0.5, 0.6) is 0 Å². The van der Waals surface area contributed by atoms with Gasteiger partial charge in [0, 0.05) is 12.3 Å². The Kier molecular flexibility index (Phi) is 3.92. The topological polar surface area (TPSA) is 108 Å². The molecule has 168 valence electrons. The van der Waals surface area contributed by atoms with Gasteiger partial charge in [-0.1, -0.05) is 36.4 Å². The Balaban J connectivity index is 1.32. The fourth-order valence-electron chi connectivity index (χ4n) is 6.15. The van der Waals surface area contributed by atoms with Gasteiger partial charge in [0.2, 0.25) is 0 Å². The number of benzene rings is 2. The number of carbonyl (C=O) groups is 1. The SMILES string of the molecule is CC12CC3(OS(=O)(=O)c4ccccc4)OC(O1)C1(COC(=O)c4ccccc4)C3CC21O. The smallest absolute Gasteiger partial charge is 0.338 e. The second-order valence-electron chi connectivity index (χ2n) is 9.24. The first-order chi connectivity index (χ1) is 15.2. The fourth-order valence-corrected chi connectivity index (χ4v) is 7.33. The Morgan fingerprint density at radius 3 is 2.44 bits per heavy atom. The standard InChI is InChI=1S/C23H22O8S/c1-20-13-22(31-32(26,27)16-10-6-3-7-11-16)17-12-23(20,25)21(17,19(29-20)30-22)14-28-18(24)15-8-4-2-5-9-15/h2-11,17,19,25H,12-14H2,1H3. The van der Waals surface area contributed by atoms with Crippen molar-refractivity contribution >= 4 is 16.1 Å². The van der Waals surface area contributed by atoms with Crippen molar-refractivity contribution < 1.29 is 36.7 Å². The number of carbonyl (C=O) groups excluding carboxylic acids is 1. The average Bonchev–Trinajstić information content (AvgIpc) is 2.97. The third kappa shape index (κ3) is 2.30. The van der Waals surface area contributed by atoms with E-state index >= 15 is 0 Å². The van der Waals surface area contributed by atoms with Gasteiger partial charge in [0.15, 0.2) is 12.1 Å². The first-order valence-electron chi connectivity index (χ1n) is 10.5. The first-order valence-corrected chi connectivity index (χ1v) is 11.9. The number of hydrogen-bond donors (Lipinski definition) is 1. The Labute approximate surface area is 185 Å². The fraction of sp³-hybridized carbons (Fsp3) is 0.435. The summed E-state index contributed by atoms with van der Waals surface area (Å²) >= 11 is 0. The van der Waals surface area contributed by atoms with Gasteiger partial charge in [-0.05, 0) is 37.6 Å². The maximum atomic E-state index is 13.0. The third-order valence-corrected chi connectivity index (χ3v) is 9.06. The van der Waals surface area contributed by atoms with Crippen LogP contribution in [0.15, 0.2) is 65.6 Å². The number of esters is 1. The van der Waals surface area contributed by atoms with Crippen molar-refractivity contribution in [1.29, 1.82) is 0 Å². The molecule has 0 radical (unpaired) electrons. The highest BCUT2D eigenvalue weighted by atomic mass is 32.2. The van der Waals surface area contributed by atoms with Crippen LogP contribution in [0.2, 0.25) is 0 Å². The van der Waals surface area contributed by atoms with Crippen molar-refractivity contribution in [1.82, 2.24) is 0 Å². The van der Waals surface area contributed by atoms with E-state index in [9.17, 15) is 18.3 Å². The van der Waals surface area contributed by atoms with Gasteiger partial charge in [-0.15, -0.1) is 0 Å². The molecule has 3 saturated carbocycles. The van der Waals surface area contributed by atoms with E-state index in [4.69, 9.17) is 18.4 Å². The molecular formula is C23H22O8S. The van der Waals surface area contributed by atoms with Crippen LogP contribution in [0.3, 0.4) is 0 Å². The van der Waals surface area contributed by atoms with E-state index in [1.807, 2.05) is 0 Å². The van der Waals surface area contributed by atoms with Gasteiger partial charge < -0.3 is 19.3 Å². The maximum Gasteiger partial charge on any atom is 0.338 e. The zero-order valence-electron chi connectivity index (χ0n) is 17.3. The highest BCUT2D eigenvalue weighted by molar-refractivity contribution is 7.86. The van der Waals surface area contributed by atoms with Gasteiger partial charge in [0.05, 0.1) is 15.9 Å². The molecule has 0 aromatic heterocycles. The zero-order chi connectivity index (χ0) is 22.4. The highest BCUT2D eigenvalue weighted by Crippen LogP contribution is 2.81. The second-order valence-corrected chi connectivity index (χ2v) is 10.8. The molecule has 3 aliphatic carbocycles. The van der Waals surface area contributed by atoms with Gasteiger partial charge in [-0.3, -0.25) is 0 Å². The van der Waals surface area contributed by atoms with E-state index in [2.05, 4.69) is 0 Å². The van der Waals surface area contributed by atoms with Gasteiger partial charge in [-0.2, -0.15) is 8.42 Å². The predicted octanol–water partition coefficient (Wildman–Crippen LogP) is 2.23. The van der Waals surface area contributed by atoms with Crippen molar-refractivity contribution in [2.45, 2.75) is 47.9 Å². The molecule has 32 heavy (non-hydrogen) atoms. The summed E-state index contributed by atoms with van der Waals surface area (Å²) < 4.78 is 49.5. The second kappa shape index (κ2) is 6.18. The minimum absolute atomic E-state index is 0.0193. The lowest BCUT2D eigenvalue weighted by molar-refractivity contribution is -0.374. The Morgan fingerprint density at radius 1 is 1.09 bits per heavy atom. The van der Waals surface area contributed by atoms with Crippen LogP contribution in [-0.2, 0) is 28.5 Å². The van der Waals surface area contributed by atoms with Gasteiger partial charge in [-0.25, -0.2) is 8.98 Å². The Bertz CT molecular complexity index is 1200. The first kappa shape index (κ1) is 20.3. The van der Waals surface area contributed by atoms with Crippen LogP contribution < -0.4 is 0 Å². The van der Waals surface area contributed by atoms with E-state index in [1.54, 1.807) is 55.5 Å². The molecule has 9 heteroatoms. The Hall–Kier alpha value is -2.30. The normalized spacial score (nSPS) is 40.8. The summed E-state index contributed by atoms with van der Waals surface area (Å²) in [6, 6.07) is 16.4. The molecule has 3 saturated heterocycles. The number of aliphatic hydroxyl groups is 1. The van der Waals surface area contributed by atoms with Crippen LogP contribution in [0, 0.1) is 11.3 Å². The van der Waals surface area contributed by atoms with Crippen molar-refractivity contribution in [3.63, 3.8) is 0 Å². The van der Waals surface area contributed by atoms with Gasteiger partial charge >= 0.3 is 5.97 Å². The predicted molar refractivity (Wildman–Crippen MR) is 109 cm³/mol. The molecule has 2 aromatic rings. The lowest BCUT2D eigenvalue weighted by Gasteiger charge is -2.65. The lowest BCUT2D eigenvalue weighted by Crippen LogP contribution is -2.79. The molecule has 3 aliphatic heterocycles. The molecule has 1 N–H and O–H groups in total. The van der Waals surface area contributed by atoms with Crippen LogP contribution in [0.4, 0.5) is 0 Å². The molecule has 8 rings (SSSR count). The molecule has 0 amide bonds. The van der Waals surface area contributed by atoms with Gasteiger partial charge in [0.1, 0.15) is 17.8 Å². The average molecular weight is 458 g/mol. The molecule has 0 spiro atoms. The lowest BCUT2D eigenvalue weighted by atomic mass is 9.41. The molecule has 6 atom stereocenters. The van der Waals surface area contributed by atoms with E-state index in [-0.39, 0.29) is 24.3 Å². The minimum Gasteiger partial charge on any atom is -0.461 e. The highest BCUT2D eigenvalue weighted by Gasteiger charge is 2.94. The Morgan fingerprint density at radius 2 is 1.75 bits per heavy atom. The largest absolute Gasteiger partial charge is 0.461 e. The maximum absolute atomic E-state index is 13.0. The zero-order valence-corrected chi connectivity index (χ0v) is 18.1. The molecule has 6 fully saturated rings. The van der Waals surface area contributed by atoms with Crippen LogP contribution in [0.1, 0.15) is 30.1 Å². The van der Waals surface area contributed by atoms with Crippen molar-refractivity contribution in [3.8, 4) is 0 Å². The molecule has 2 aromatic carbocycles. The summed E-state index contributed by atoms with van der Waals surface area (Å²) in [5.41, 5.74) is -3.12. The number of rotatable bonds is 6. The van der Waals surface area contributed by atoms with Crippen molar-refractivity contribution in [2.75, 3.05) is 6.61 Å². The summed E-state index contributed by atoms with van der Waals surface area (Å²) in [7, 11) is -4.13. The van der Waals surface area contributed by atoms with Gasteiger partial charge in [0.25, 0.3) is 10.1 Å². The van der Waals surface area contributed by atoms with Crippen LogP contribution >= 0.6 is 0 Å². The number of hydrogen-bond acceptors (Lipinski definition) is 8. The molecule has 8 nitrogen and oxygen atoms in total. The molecular weight excluding hydrogens is 436 g/mol. The minimum atomic E-state index is -4.13. The molecule has 3 heterocycles. The summed E-state index contributed by atoms with van der Waals surface area (Å²) in [6.07, 6.45) is -0.662. The van der Waals surface area contributed by atoms with E-state index < -0.39 is 50.7 Å². The third-order valence-electron chi connectivity index (χ3n) is 7.71. The van der Waals surface area contributed by atoms with E-state index in [0.29, 0.717) is 5.56 Å². The summed E-state index contributed by atoms with van der Waals surface area (Å²) in [4.78, 5) is 12.6. The molecule has 6 aliphatic rings. The van der Waals surface area contributed by atoms with Crippen LogP contribution in [0.25, 0.3) is 0 Å².